The first-order valence-corrected chi connectivity index (χ1v) is 15.2. The zero-order chi connectivity index (χ0) is 25.5. The Morgan fingerprint density at radius 1 is 1.18 bits per heavy atom. The van der Waals surface area contributed by atoms with Crippen molar-refractivity contribution in [3.8, 4) is 5.75 Å². The number of hydrogen-bond donors (Lipinski definition) is 1. The molecule has 4 rings (SSSR count). The number of hydrogen-bond acceptors (Lipinski definition) is 5. The Morgan fingerprint density at radius 2 is 1.79 bits per heavy atom. The van der Waals surface area contributed by atoms with Gasteiger partial charge in [0.15, 0.2) is 19.6 Å². The average Bonchev–Trinajstić information content (AvgIpc) is 3.11. The van der Waals surface area contributed by atoms with Gasteiger partial charge >= 0.3 is 0 Å². The average molecular weight is 486 g/mol. The van der Waals surface area contributed by atoms with Gasteiger partial charge < -0.3 is 14.3 Å². The minimum atomic E-state index is -2.14. The second-order valence-electron chi connectivity index (χ2n) is 11.8. The van der Waals surface area contributed by atoms with Crippen LogP contribution in [0.5, 0.6) is 5.75 Å². The third-order valence-corrected chi connectivity index (χ3v) is 13.5. The summed E-state index contributed by atoms with van der Waals surface area (Å²) in [6.07, 6.45) is 0.113. The highest BCUT2D eigenvalue weighted by Crippen LogP contribution is 2.61. The molecule has 1 N–H and O–H groups in total. The number of methoxy groups -OCH3 is 1. The molecule has 34 heavy (non-hydrogen) atoms. The van der Waals surface area contributed by atoms with Crippen LogP contribution in [0.2, 0.25) is 18.1 Å². The minimum Gasteiger partial charge on any atom is -0.509 e. The van der Waals surface area contributed by atoms with Crippen LogP contribution in [0.4, 0.5) is 5.69 Å². The van der Waals surface area contributed by atoms with Crippen LogP contribution in [0.3, 0.4) is 0 Å². The Labute approximate surface area is 204 Å². The SMILES string of the molecule is CC[C@@]12C(=O)[C@@H](C)[C@H]3c4c(cc(OC)cc4N1C(=O)C(C)=C2O)[C@H](O[Si](C)(C)C(C)(C)C)[C@@H]3C. The van der Waals surface area contributed by atoms with Gasteiger partial charge in [0.05, 0.1) is 24.5 Å². The van der Waals surface area contributed by atoms with Gasteiger partial charge in [0.2, 0.25) is 0 Å². The summed E-state index contributed by atoms with van der Waals surface area (Å²) in [5.41, 5.74) is 1.52. The summed E-state index contributed by atoms with van der Waals surface area (Å²) < 4.78 is 12.7. The van der Waals surface area contributed by atoms with E-state index in [1.807, 2.05) is 26.0 Å². The molecule has 0 fully saturated rings. The summed E-state index contributed by atoms with van der Waals surface area (Å²) in [5, 5.41) is 11.2. The molecule has 0 aromatic heterocycles. The van der Waals surface area contributed by atoms with Gasteiger partial charge in [-0.25, -0.2) is 0 Å². The lowest BCUT2D eigenvalue weighted by Gasteiger charge is -2.41. The zero-order valence-electron chi connectivity index (χ0n) is 22.2. The van der Waals surface area contributed by atoms with E-state index >= 15 is 0 Å². The third-order valence-electron chi connectivity index (χ3n) is 9.08. The lowest BCUT2D eigenvalue weighted by atomic mass is 9.75. The summed E-state index contributed by atoms with van der Waals surface area (Å²) in [4.78, 5) is 29.2. The molecular weight excluding hydrogens is 446 g/mol. The van der Waals surface area contributed by atoms with Crippen molar-refractivity contribution in [2.75, 3.05) is 12.0 Å². The molecule has 1 aromatic rings. The number of amides is 1. The number of carbonyl (C=O) groups excluding carboxylic acids is 2. The molecule has 5 atom stereocenters. The number of ketones is 1. The molecule has 0 radical (unpaired) electrons. The Balaban J connectivity index is 2.01. The lowest BCUT2D eigenvalue weighted by Crippen LogP contribution is -2.55. The van der Waals surface area contributed by atoms with Crippen LogP contribution in [0.25, 0.3) is 0 Å². The summed E-state index contributed by atoms with van der Waals surface area (Å²) >= 11 is 0. The smallest absolute Gasteiger partial charge is 0.258 e. The van der Waals surface area contributed by atoms with E-state index in [0.29, 0.717) is 17.9 Å². The predicted octanol–water partition coefficient (Wildman–Crippen LogP) is 6.04. The fraction of sp³-hybridized carbons (Fsp3) is 0.630. The van der Waals surface area contributed by atoms with Crippen molar-refractivity contribution in [2.24, 2.45) is 11.8 Å². The molecule has 3 aliphatic rings. The van der Waals surface area contributed by atoms with Gasteiger partial charge in [0, 0.05) is 17.9 Å². The van der Waals surface area contributed by atoms with Crippen LogP contribution in [-0.2, 0) is 14.0 Å². The van der Waals surface area contributed by atoms with Crippen molar-refractivity contribution >= 4 is 25.7 Å². The number of anilines is 1. The van der Waals surface area contributed by atoms with E-state index in [-0.39, 0.29) is 51.9 Å². The quantitative estimate of drug-likeness (QED) is 0.526. The molecule has 1 aromatic carbocycles. The number of benzene rings is 1. The number of aliphatic hydroxyl groups is 1. The van der Waals surface area contributed by atoms with E-state index in [2.05, 4.69) is 40.8 Å². The molecule has 0 spiro atoms. The molecule has 6 nitrogen and oxygen atoms in total. The summed E-state index contributed by atoms with van der Waals surface area (Å²) in [6.45, 7) is 18.7. The normalized spacial score (nSPS) is 31.1. The standard InChI is InChI=1S/C27H39NO5Si/c1-11-27-23(29)15(3)20-14(2)22(33-34(9,10)26(5,6)7)18-12-17(32-8)13-19(21(18)20)28(27)25(31)16(4)24(27)30/h12-15,20,22,30H,11H2,1-10H3/t14-,15+,20+,22-,27+/m1/s1. The largest absolute Gasteiger partial charge is 0.509 e. The number of carbonyl (C=O) groups is 2. The second kappa shape index (κ2) is 7.69. The molecule has 2 heterocycles. The van der Waals surface area contributed by atoms with Gasteiger partial charge in [0.1, 0.15) is 11.5 Å². The Hall–Kier alpha value is -2.12. The Bertz CT molecular complexity index is 1100. The van der Waals surface area contributed by atoms with Gasteiger partial charge in [-0.15, -0.1) is 0 Å². The van der Waals surface area contributed by atoms with Crippen molar-refractivity contribution in [1.82, 2.24) is 0 Å². The maximum Gasteiger partial charge on any atom is 0.258 e. The van der Waals surface area contributed by atoms with E-state index in [1.54, 1.807) is 18.9 Å². The number of Topliss-reactive ketones (excluding diaryl/α,β-unsaturated/α-hetero) is 1. The van der Waals surface area contributed by atoms with Crippen LogP contribution < -0.4 is 9.64 Å². The highest BCUT2D eigenvalue weighted by Gasteiger charge is 2.62. The molecule has 2 aliphatic heterocycles. The van der Waals surface area contributed by atoms with E-state index in [4.69, 9.17) is 9.16 Å². The number of ether oxygens (including phenoxy) is 1. The van der Waals surface area contributed by atoms with Crippen molar-refractivity contribution in [3.05, 3.63) is 34.6 Å². The molecule has 1 amide bonds. The monoisotopic (exact) mass is 485 g/mol. The Kier molecular flexibility index (Phi) is 5.65. The van der Waals surface area contributed by atoms with Crippen molar-refractivity contribution in [1.29, 1.82) is 0 Å². The maximum atomic E-state index is 14.1. The van der Waals surface area contributed by atoms with Gasteiger partial charge in [-0.1, -0.05) is 41.5 Å². The molecule has 1 aliphatic carbocycles. The predicted molar refractivity (Wildman–Crippen MR) is 136 cm³/mol. The van der Waals surface area contributed by atoms with Crippen LogP contribution >= 0.6 is 0 Å². The van der Waals surface area contributed by atoms with Crippen LogP contribution in [-0.4, -0.2) is 37.8 Å². The number of rotatable bonds is 4. The van der Waals surface area contributed by atoms with Crippen LogP contribution in [0.1, 0.15) is 78.0 Å². The third kappa shape index (κ3) is 3.02. The highest BCUT2D eigenvalue weighted by atomic mass is 28.4. The van der Waals surface area contributed by atoms with Crippen molar-refractivity contribution in [2.45, 2.75) is 90.6 Å². The van der Waals surface area contributed by atoms with Crippen molar-refractivity contribution < 1.29 is 23.9 Å². The van der Waals surface area contributed by atoms with Crippen molar-refractivity contribution in [3.63, 3.8) is 0 Å². The summed E-state index contributed by atoms with van der Waals surface area (Å²) in [5.74, 6) is -0.400. The first-order valence-electron chi connectivity index (χ1n) is 12.3. The van der Waals surface area contributed by atoms with Gasteiger partial charge in [-0.2, -0.15) is 0 Å². The van der Waals surface area contributed by atoms with E-state index in [0.717, 1.165) is 11.1 Å². The van der Waals surface area contributed by atoms with E-state index in [9.17, 15) is 14.7 Å². The highest BCUT2D eigenvalue weighted by molar-refractivity contribution is 6.74. The van der Waals surface area contributed by atoms with Gasteiger partial charge in [-0.05, 0) is 54.6 Å². The number of fused-ring (bicyclic) bond motifs is 2. The molecule has 0 bridgehead atoms. The van der Waals surface area contributed by atoms with E-state index < -0.39 is 13.9 Å². The Morgan fingerprint density at radius 3 is 2.32 bits per heavy atom. The molecular formula is C27H39NO5Si. The summed E-state index contributed by atoms with van der Waals surface area (Å²) in [6, 6.07) is 3.87. The zero-order valence-corrected chi connectivity index (χ0v) is 23.2. The summed E-state index contributed by atoms with van der Waals surface area (Å²) in [7, 11) is -0.527. The first-order chi connectivity index (χ1) is 15.7. The molecule has 7 heteroatoms. The lowest BCUT2D eigenvalue weighted by molar-refractivity contribution is -0.130. The van der Waals surface area contributed by atoms with Crippen LogP contribution in [0, 0.1) is 11.8 Å². The fourth-order valence-electron chi connectivity index (χ4n) is 6.08. The molecule has 186 valence electrons. The first kappa shape index (κ1) is 25.0. The van der Waals surface area contributed by atoms with E-state index in [1.165, 1.54) is 0 Å². The fourth-order valence-corrected chi connectivity index (χ4v) is 7.41. The van der Waals surface area contributed by atoms with Gasteiger partial charge in [0.25, 0.3) is 5.91 Å². The second-order valence-corrected chi connectivity index (χ2v) is 16.6. The molecule has 0 unspecified atom stereocenters. The molecule has 0 saturated carbocycles. The number of nitrogens with zero attached hydrogens (tertiary/aromatic N) is 1. The number of aliphatic hydroxyl groups excluding tert-OH is 1. The maximum absolute atomic E-state index is 14.1. The van der Waals surface area contributed by atoms with Crippen LogP contribution in [0.15, 0.2) is 23.5 Å². The van der Waals surface area contributed by atoms with Gasteiger partial charge in [-0.3, -0.25) is 14.5 Å². The topological polar surface area (TPSA) is 76.1 Å². The minimum absolute atomic E-state index is 0.0281. The molecule has 0 saturated heterocycles.